The Morgan fingerprint density at radius 3 is 2.43 bits per heavy atom. The van der Waals surface area contributed by atoms with Crippen molar-refractivity contribution in [2.24, 2.45) is 0 Å². The molecule has 2 amide bonds. The van der Waals surface area contributed by atoms with Crippen molar-refractivity contribution in [2.75, 3.05) is 13.1 Å². The van der Waals surface area contributed by atoms with Gasteiger partial charge in [-0.1, -0.05) is 37.3 Å². The van der Waals surface area contributed by atoms with E-state index >= 15 is 0 Å². The van der Waals surface area contributed by atoms with Gasteiger partial charge in [0.15, 0.2) is 0 Å². The zero-order valence-corrected chi connectivity index (χ0v) is 12.0. The highest BCUT2D eigenvalue weighted by Gasteiger charge is 2.17. The molecule has 1 aromatic carbocycles. The number of amides is 2. The molecule has 0 heterocycles. The Balaban J connectivity index is 2.62. The maximum atomic E-state index is 12.0. The summed E-state index contributed by atoms with van der Waals surface area (Å²) in [5.41, 5.74) is 0.840. The van der Waals surface area contributed by atoms with Crippen LogP contribution in [0, 0.1) is 0 Å². The van der Waals surface area contributed by atoms with Crippen molar-refractivity contribution >= 4 is 17.8 Å². The third-order valence-electron chi connectivity index (χ3n) is 2.81. The molecule has 21 heavy (non-hydrogen) atoms. The summed E-state index contributed by atoms with van der Waals surface area (Å²) in [6.07, 6.45) is 1.05. The second-order valence-corrected chi connectivity index (χ2v) is 4.66. The van der Waals surface area contributed by atoms with E-state index in [2.05, 4.69) is 5.32 Å². The topological polar surface area (TPSA) is 86.7 Å². The minimum Gasteiger partial charge on any atom is -0.480 e. The van der Waals surface area contributed by atoms with E-state index in [0.717, 1.165) is 5.56 Å². The number of nitrogens with zero attached hydrogens (tertiary/aromatic N) is 1. The average Bonchev–Trinajstić information content (AvgIpc) is 2.45. The van der Waals surface area contributed by atoms with Gasteiger partial charge >= 0.3 is 5.97 Å². The molecule has 1 rings (SSSR count). The standard InChI is InChI=1S/C15H20N2O4/c1-2-6-13(18)16-9-14(19)17(11-15(20)21)10-12-7-4-3-5-8-12/h3-5,7-8H,2,6,9-11H2,1H3,(H,16,18)(H,20,21). The van der Waals surface area contributed by atoms with Crippen molar-refractivity contribution < 1.29 is 19.5 Å². The predicted molar refractivity (Wildman–Crippen MR) is 77.4 cm³/mol. The van der Waals surface area contributed by atoms with Crippen molar-refractivity contribution in [2.45, 2.75) is 26.3 Å². The number of nitrogens with one attached hydrogen (secondary N) is 1. The molecular formula is C15H20N2O4. The molecule has 6 heteroatoms. The molecule has 0 spiro atoms. The summed E-state index contributed by atoms with van der Waals surface area (Å²) in [5, 5.41) is 11.4. The van der Waals surface area contributed by atoms with Gasteiger partial charge in [-0.2, -0.15) is 0 Å². The lowest BCUT2D eigenvalue weighted by Gasteiger charge is -2.21. The van der Waals surface area contributed by atoms with E-state index in [0.29, 0.717) is 12.8 Å². The van der Waals surface area contributed by atoms with E-state index < -0.39 is 18.4 Å². The first-order valence-electron chi connectivity index (χ1n) is 6.83. The van der Waals surface area contributed by atoms with Crippen LogP contribution in [0.5, 0.6) is 0 Å². The quantitative estimate of drug-likeness (QED) is 0.749. The summed E-state index contributed by atoms with van der Waals surface area (Å²) in [7, 11) is 0. The van der Waals surface area contributed by atoms with E-state index in [4.69, 9.17) is 5.11 Å². The molecule has 0 aliphatic heterocycles. The van der Waals surface area contributed by atoms with E-state index in [1.54, 1.807) is 0 Å². The van der Waals surface area contributed by atoms with Crippen molar-refractivity contribution in [3.05, 3.63) is 35.9 Å². The molecule has 0 bridgehead atoms. The van der Waals surface area contributed by atoms with Gasteiger partial charge in [0, 0.05) is 13.0 Å². The van der Waals surface area contributed by atoms with Crippen molar-refractivity contribution in [3.63, 3.8) is 0 Å². The highest BCUT2D eigenvalue weighted by atomic mass is 16.4. The predicted octanol–water partition coefficient (Wildman–Crippen LogP) is 1.02. The Morgan fingerprint density at radius 1 is 1.19 bits per heavy atom. The lowest BCUT2D eigenvalue weighted by molar-refractivity contribution is -0.144. The molecule has 0 saturated carbocycles. The van der Waals surface area contributed by atoms with Crippen LogP contribution in [-0.4, -0.2) is 40.9 Å². The molecular weight excluding hydrogens is 272 g/mol. The highest BCUT2D eigenvalue weighted by molar-refractivity contribution is 5.86. The van der Waals surface area contributed by atoms with Crippen LogP contribution in [0.1, 0.15) is 25.3 Å². The maximum Gasteiger partial charge on any atom is 0.323 e. The lowest BCUT2D eigenvalue weighted by Crippen LogP contribution is -2.42. The molecule has 0 aromatic heterocycles. The van der Waals surface area contributed by atoms with Crippen LogP contribution >= 0.6 is 0 Å². The fraction of sp³-hybridized carbons (Fsp3) is 0.400. The van der Waals surface area contributed by atoms with Gasteiger partial charge in [-0.05, 0) is 12.0 Å². The Kier molecular flexibility index (Phi) is 6.94. The van der Waals surface area contributed by atoms with Crippen LogP contribution < -0.4 is 5.32 Å². The van der Waals surface area contributed by atoms with Gasteiger partial charge in [0.2, 0.25) is 11.8 Å². The Hall–Kier alpha value is -2.37. The second-order valence-electron chi connectivity index (χ2n) is 4.66. The Bertz CT molecular complexity index is 488. The van der Waals surface area contributed by atoms with Crippen LogP contribution in [0.3, 0.4) is 0 Å². The molecule has 1 aromatic rings. The van der Waals surface area contributed by atoms with E-state index in [-0.39, 0.29) is 19.0 Å². The number of rotatable bonds is 8. The van der Waals surface area contributed by atoms with Crippen molar-refractivity contribution in [1.29, 1.82) is 0 Å². The summed E-state index contributed by atoms with van der Waals surface area (Å²) in [5.74, 6) is -1.70. The number of carbonyl (C=O) groups is 3. The molecule has 0 radical (unpaired) electrons. The summed E-state index contributed by atoms with van der Waals surface area (Å²) >= 11 is 0. The largest absolute Gasteiger partial charge is 0.480 e. The van der Waals surface area contributed by atoms with Crippen LogP contribution in [0.25, 0.3) is 0 Å². The maximum absolute atomic E-state index is 12.0. The monoisotopic (exact) mass is 292 g/mol. The molecule has 6 nitrogen and oxygen atoms in total. The van der Waals surface area contributed by atoms with E-state index in [9.17, 15) is 14.4 Å². The number of aliphatic carboxylic acids is 1. The molecule has 0 fully saturated rings. The van der Waals surface area contributed by atoms with Crippen LogP contribution in [0.15, 0.2) is 30.3 Å². The van der Waals surface area contributed by atoms with Gasteiger partial charge in [-0.3, -0.25) is 14.4 Å². The molecule has 0 aliphatic carbocycles. The van der Waals surface area contributed by atoms with Crippen LogP contribution in [0.4, 0.5) is 0 Å². The minimum atomic E-state index is -1.08. The van der Waals surface area contributed by atoms with Gasteiger partial charge in [-0.15, -0.1) is 0 Å². The average molecular weight is 292 g/mol. The fourth-order valence-electron chi connectivity index (χ4n) is 1.80. The van der Waals surface area contributed by atoms with Crippen molar-refractivity contribution in [1.82, 2.24) is 10.2 Å². The van der Waals surface area contributed by atoms with Gasteiger partial charge in [0.25, 0.3) is 0 Å². The number of hydrogen-bond acceptors (Lipinski definition) is 3. The molecule has 114 valence electrons. The third kappa shape index (κ3) is 6.56. The second kappa shape index (κ2) is 8.73. The SMILES string of the molecule is CCCC(=O)NCC(=O)N(CC(=O)O)Cc1ccccc1. The zero-order valence-electron chi connectivity index (χ0n) is 12.0. The summed E-state index contributed by atoms with van der Waals surface area (Å²) in [6, 6.07) is 9.12. The number of benzene rings is 1. The van der Waals surface area contributed by atoms with Crippen LogP contribution in [-0.2, 0) is 20.9 Å². The van der Waals surface area contributed by atoms with E-state index in [1.165, 1.54) is 4.90 Å². The number of carbonyl (C=O) groups excluding carboxylic acids is 2. The van der Waals surface area contributed by atoms with Crippen LogP contribution in [0.2, 0.25) is 0 Å². The number of carboxylic acids is 1. The highest BCUT2D eigenvalue weighted by Crippen LogP contribution is 2.04. The fourth-order valence-corrected chi connectivity index (χ4v) is 1.80. The molecule has 0 unspecified atom stereocenters. The number of carboxylic acid groups (broad SMARTS) is 1. The number of hydrogen-bond donors (Lipinski definition) is 2. The van der Waals surface area contributed by atoms with Gasteiger partial charge in [0.05, 0.1) is 6.54 Å². The van der Waals surface area contributed by atoms with Crippen molar-refractivity contribution in [3.8, 4) is 0 Å². The Morgan fingerprint density at radius 2 is 1.86 bits per heavy atom. The van der Waals surface area contributed by atoms with Gasteiger partial charge in [-0.25, -0.2) is 0 Å². The first kappa shape index (κ1) is 16.7. The summed E-state index contributed by atoms with van der Waals surface area (Å²) < 4.78 is 0. The Labute approximate surface area is 123 Å². The molecule has 0 aliphatic rings. The van der Waals surface area contributed by atoms with Gasteiger partial charge < -0.3 is 15.3 Å². The zero-order chi connectivity index (χ0) is 15.7. The molecule has 0 saturated heterocycles. The minimum absolute atomic E-state index is 0.182. The molecule has 2 N–H and O–H groups in total. The van der Waals surface area contributed by atoms with E-state index in [1.807, 2.05) is 37.3 Å². The third-order valence-corrected chi connectivity index (χ3v) is 2.81. The smallest absolute Gasteiger partial charge is 0.323 e. The first-order valence-corrected chi connectivity index (χ1v) is 6.83. The van der Waals surface area contributed by atoms with Gasteiger partial charge in [0.1, 0.15) is 6.54 Å². The lowest BCUT2D eigenvalue weighted by atomic mass is 10.2. The normalized spacial score (nSPS) is 9.95. The summed E-state index contributed by atoms with van der Waals surface area (Å²) in [4.78, 5) is 35.5. The first-order chi connectivity index (χ1) is 10.0. The summed E-state index contributed by atoms with van der Waals surface area (Å²) in [6.45, 7) is 1.50. The molecule has 0 atom stereocenters.